The highest BCUT2D eigenvalue weighted by Crippen LogP contribution is 2.10. The lowest BCUT2D eigenvalue weighted by Crippen LogP contribution is -2.50. The highest BCUT2D eigenvalue weighted by molar-refractivity contribution is 5.75. The molecule has 0 aliphatic carbocycles. The summed E-state index contributed by atoms with van der Waals surface area (Å²) in [5.41, 5.74) is 0. The molecule has 1 aliphatic rings. The van der Waals surface area contributed by atoms with E-state index >= 15 is 0 Å². The lowest BCUT2D eigenvalue weighted by atomic mass is 10.1. The molecule has 17 heavy (non-hydrogen) atoms. The maximum atomic E-state index is 11.5. The zero-order valence-electron chi connectivity index (χ0n) is 10.6. The second-order valence-corrected chi connectivity index (χ2v) is 4.29. The molecular formula is C12H23NO4. The van der Waals surface area contributed by atoms with Crippen molar-refractivity contribution in [1.29, 1.82) is 0 Å². The molecule has 0 bridgehead atoms. The van der Waals surface area contributed by atoms with Crippen LogP contribution in [-0.4, -0.2) is 62.0 Å². The summed E-state index contributed by atoms with van der Waals surface area (Å²) in [5.74, 6) is -0.208. The van der Waals surface area contributed by atoms with Crippen molar-refractivity contribution in [2.45, 2.75) is 31.7 Å². The van der Waals surface area contributed by atoms with Crippen molar-refractivity contribution in [2.24, 2.45) is 0 Å². The number of aliphatic hydroxyl groups is 1. The molecule has 5 nitrogen and oxygen atoms in total. The Morgan fingerprint density at radius 2 is 2.18 bits per heavy atom. The van der Waals surface area contributed by atoms with Crippen LogP contribution in [0.3, 0.4) is 0 Å². The quantitative estimate of drug-likeness (QED) is 0.520. The number of carbonyl (C=O) groups excluding carboxylic acids is 1. The van der Waals surface area contributed by atoms with Gasteiger partial charge in [0.05, 0.1) is 20.3 Å². The van der Waals surface area contributed by atoms with E-state index in [1.807, 2.05) is 0 Å². The first-order chi connectivity index (χ1) is 8.29. The number of ether oxygens (including phenoxy) is 2. The zero-order chi connectivity index (χ0) is 12.5. The van der Waals surface area contributed by atoms with E-state index in [0.29, 0.717) is 13.2 Å². The van der Waals surface area contributed by atoms with E-state index in [-0.39, 0.29) is 18.6 Å². The minimum atomic E-state index is -0.244. The van der Waals surface area contributed by atoms with Crippen LogP contribution in [0.1, 0.15) is 25.7 Å². The number of esters is 1. The van der Waals surface area contributed by atoms with Crippen molar-refractivity contribution in [2.75, 3.05) is 40.0 Å². The average molecular weight is 245 g/mol. The number of unbranched alkanes of at least 4 members (excludes halogenated alkanes) is 3. The number of rotatable bonds is 7. The van der Waals surface area contributed by atoms with Crippen LogP contribution in [0.4, 0.5) is 0 Å². The fourth-order valence-corrected chi connectivity index (χ4v) is 2.04. The molecule has 100 valence electrons. The van der Waals surface area contributed by atoms with Gasteiger partial charge in [0.25, 0.3) is 0 Å². The summed E-state index contributed by atoms with van der Waals surface area (Å²) in [5, 5.41) is 8.67. The summed E-state index contributed by atoms with van der Waals surface area (Å²) in [4.78, 5) is 13.7. The smallest absolute Gasteiger partial charge is 0.325 e. The normalized spacial score (nSPS) is 21.4. The molecule has 0 aromatic heterocycles. The molecule has 1 fully saturated rings. The number of methoxy groups -OCH3 is 1. The molecule has 1 heterocycles. The topological polar surface area (TPSA) is 59.0 Å². The fourth-order valence-electron chi connectivity index (χ4n) is 2.04. The van der Waals surface area contributed by atoms with Crippen LogP contribution < -0.4 is 0 Å². The average Bonchev–Trinajstić information content (AvgIpc) is 2.38. The maximum absolute atomic E-state index is 11.5. The van der Waals surface area contributed by atoms with E-state index < -0.39 is 0 Å². The van der Waals surface area contributed by atoms with Gasteiger partial charge < -0.3 is 14.6 Å². The first-order valence-corrected chi connectivity index (χ1v) is 6.30. The van der Waals surface area contributed by atoms with E-state index in [9.17, 15) is 4.79 Å². The lowest BCUT2D eigenvalue weighted by Gasteiger charge is -2.33. The largest absolute Gasteiger partial charge is 0.468 e. The van der Waals surface area contributed by atoms with Gasteiger partial charge in [0.2, 0.25) is 0 Å². The summed E-state index contributed by atoms with van der Waals surface area (Å²) in [6.45, 7) is 3.07. The van der Waals surface area contributed by atoms with Crippen LogP contribution in [0.2, 0.25) is 0 Å². The Hall–Kier alpha value is -0.650. The van der Waals surface area contributed by atoms with Crippen LogP contribution in [0.25, 0.3) is 0 Å². The molecule has 0 saturated carbocycles. The third-order valence-electron chi connectivity index (χ3n) is 3.07. The Morgan fingerprint density at radius 3 is 2.88 bits per heavy atom. The molecule has 5 heteroatoms. The number of nitrogens with zero attached hydrogens (tertiary/aromatic N) is 1. The van der Waals surface area contributed by atoms with Gasteiger partial charge in [-0.05, 0) is 19.4 Å². The van der Waals surface area contributed by atoms with Gasteiger partial charge in [0.1, 0.15) is 6.04 Å². The first-order valence-electron chi connectivity index (χ1n) is 6.30. The highest BCUT2D eigenvalue weighted by Gasteiger charge is 2.29. The van der Waals surface area contributed by atoms with E-state index in [4.69, 9.17) is 14.6 Å². The van der Waals surface area contributed by atoms with Crippen molar-refractivity contribution >= 4 is 5.97 Å². The number of hydrogen-bond donors (Lipinski definition) is 1. The molecule has 0 aromatic carbocycles. The van der Waals surface area contributed by atoms with Crippen LogP contribution in [0.5, 0.6) is 0 Å². The van der Waals surface area contributed by atoms with E-state index in [0.717, 1.165) is 38.8 Å². The summed E-state index contributed by atoms with van der Waals surface area (Å²) < 4.78 is 10.1. The lowest BCUT2D eigenvalue weighted by molar-refractivity contribution is -0.153. The van der Waals surface area contributed by atoms with E-state index in [1.165, 1.54) is 7.11 Å². The van der Waals surface area contributed by atoms with Gasteiger partial charge in [-0.15, -0.1) is 0 Å². The van der Waals surface area contributed by atoms with E-state index in [2.05, 4.69) is 4.90 Å². The van der Waals surface area contributed by atoms with Gasteiger partial charge in [-0.25, -0.2) is 0 Å². The van der Waals surface area contributed by atoms with Gasteiger partial charge in [-0.2, -0.15) is 0 Å². The van der Waals surface area contributed by atoms with Crippen molar-refractivity contribution in [1.82, 2.24) is 4.90 Å². The Balaban J connectivity index is 2.25. The Kier molecular flexibility index (Phi) is 7.16. The SMILES string of the molecule is COC(=O)C1COCCN1CCCCCCO. The fraction of sp³-hybridized carbons (Fsp3) is 0.917. The zero-order valence-corrected chi connectivity index (χ0v) is 10.6. The predicted molar refractivity (Wildman–Crippen MR) is 63.7 cm³/mol. The van der Waals surface area contributed by atoms with Crippen molar-refractivity contribution in [3.8, 4) is 0 Å². The van der Waals surface area contributed by atoms with Crippen molar-refractivity contribution in [3.63, 3.8) is 0 Å². The molecule has 0 amide bonds. The molecular weight excluding hydrogens is 222 g/mol. The molecule has 0 aromatic rings. The number of hydrogen-bond acceptors (Lipinski definition) is 5. The van der Waals surface area contributed by atoms with Crippen LogP contribution >= 0.6 is 0 Å². The van der Waals surface area contributed by atoms with Gasteiger partial charge in [0, 0.05) is 13.2 Å². The number of aliphatic hydroxyl groups excluding tert-OH is 1. The minimum Gasteiger partial charge on any atom is -0.468 e. The van der Waals surface area contributed by atoms with E-state index in [1.54, 1.807) is 0 Å². The maximum Gasteiger partial charge on any atom is 0.325 e. The first kappa shape index (κ1) is 14.4. The molecule has 1 unspecified atom stereocenters. The summed E-state index contributed by atoms with van der Waals surface area (Å²) in [6.07, 6.45) is 4.05. The summed E-state index contributed by atoms with van der Waals surface area (Å²) in [7, 11) is 1.41. The van der Waals surface area contributed by atoms with Crippen molar-refractivity contribution < 1.29 is 19.4 Å². The molecule has 0 radical (unpaired) electrons. The second-order valence-electron chi connectivity index (χ2n) is 4.29. The van der Waals surface area contributed by atoms with Gasteiger partial charge in [-0.3, -0.25) is 9.69 Å². The van der Waals surface area contributed by atoms with Gasteiger partial charge in [0.15, 0.2) is 0 Å². The Bertz CT molecular complexity index is 223. The Labute approximate surface area is 103 Å². The third kappa shape index (κ3) is 5.02. The highest BCUT2D eigenvalue weighted by atomic mass is 16.5. The van der Waals surface area contributed by atoms with Crippen LogP contribution in [0.15, 0.2) is 0 Å². The minimum absolute atomic E-state index is 0.208. The molecule has 0 spiro atoms. The summed E-state index contributed by atoms with van der Waals surface area (Å²) in [6, 6.07) is -0.244. The number of carbonyl (C=O) groups is 1. The van der Waals surface area contributed by atoms with Gasteiger partial charge >= 0.3 is 5.97 Å². The third-order valence-corrected chi connectivity index (χ3v) is 3.07. The number of morpholine rings is 1. The molecule has 1 N–H and O–H groups in total. The summed E-state index contributed by atoms with van der Waals surface area (Å²) >= 11 is 0. The predicted octanol–water partition coefficient (Wildman–Crippen LogP) is 0.413. The molecule has 1 rings (SSSR count). The molecule has 1 atom stereocenters. The van der Waals surface area contributed by atoms with Crippen LogP contribution in [0, 0.1) is 0 Å². The van der Waals surface area contributed by atoms with Crippen LogP contribution in [-0.2, 0) is 14.3 Å². The van der Waals surface area contributed by atoms with Crippen molar-refractivity contribution in [3.05, 3.63) is 0 Å². The molecule has 1 saturated heterocycles. The Morgan fingerprint density at radius 1 is 1.41 bits per heavy atom. The van der Waals surface area contributed by atoms with Gasteiger partial charge in [-0.1, -0.05) is 12.8 Å². The monoisotopic (exact) mass is 245 g/mol. The molecule has 1 aliphatic heterocycles. The standard InChI is InChI=1S/C12H23NO4/c1-16-12(15)11-10-17-9-7-13(11)6-4-2-3-5-8-14/h11,14H,2-10H2,1H3. The second kappa shape index (κ2) is 8.44.